The molecular weight excluding hydrogens is 466 g/mol. The van der Waals surface area contributed by atoms with Crippen LogP contribution in [-0.2, 0) is 9.53 Å². The van der Waals surface area contributed by atoms with Gasteiger partial charge in [-0.3, -0.25) is 4.79 Å². The van der Waals surface area contributed by atoms with E-state index in [1.165, 1.54) is 43.6 Å². The minimum atomic E-state index is -0.424. The zero-order valence-electron chi connectivity index (χ0n) is 20.1. The summed E-state index contributed by atoms with van der Waals surface area (Å²) in [7, 11) is 1.32. The van der Waals surface area contributed by atoms with Gasteiger partial charge in [0, 0.05) is 6.08 Å². The molecule has 186 valence electrons. The molecule has 0 saturated carbocycles. The molecule has 0 amide bonds. The molecule has 2 heterocycles. The number of hydrogen-bond donors (Lipinski definition) is 0. The van der Waals surface area contributed by atoms with Gasteiger partial charge in [0.25, 0.3) is 0 Å². The molecule has 0 saturated heterocycles. The van der Waals surface area contributed by atoms with Crippen LogP contribution in [0, 0.1) is 11.6 Å². The number of carbonyl (C=O) groups excluding carboxylic acids is 2. The van der Waals surface area contributed by atoms with Gasteiger partial charge in [-0.1, -0.05) is 24.3 Å². The van der Waals surface area contributed by atoms with E-state index in [0.29, 0.717) is 5.69 Å². The molecule has 4 rings (SSSR count). The van der Waals surface area contributed by atoms with Crippen LogP contribution in [0.4, 0.5) is 8.78 Å². The van der Waals surface area contributed by atoms with Crippen LogP contribution < -0.4 is 0 Å². The van der Waals surface area contributed by atoms with Gasteiger partial charge in [0.2, 0.25) is 0 Å². The Morgan fingerprint density at radius 2 is 1.28 bits per heavy atom. The van der Waals surface area contributed by atoms with E-state index in [2.05, 4.69) is 14.7 Å². The molecule has 0 aliphatic rings. The number of esters is 1. The lowest BCUT2D eigenvalue weighted by Crippen LogP contribution is -2.08. The number of halogens is 2. The van der Waals surface area contributed by atoms with Crippen LogP contribution in [-0.4, -0.2) is 38.5 Å². The Morgan fingerprint density at radius 1 is 0.833 bits per heavy atom. The normalized spacial score (nSPS) is 12.5. The van der Waals surface area contributed by atoms with Crippen molar-refractivity contribution in [3.63, 3.8) is 0 Å². The zero-order valence-corrected chi connectivity index (χ0v) is 20.1. The molecule has 0 N–H and O–H groups in total. The predicted octanol–water partition coefficient (Wildman–Crippen LogP) is 5.26. The van der Waals surface area contributed by atoms with Gasteiger partial charge in [0.15, 0.2) is 6.29 Å². The number of methoxy groups -OCH3 is 1. The summed E-state index contributed by atoms with van der Waals surface area (Å²) in [5.41, 5.74) is 3.17. The van der Waals surface area contributed by atoms with Crippen molar-refractivity contribution in [1.29, 1.82) is 0 Å². The Morgan fingerprint density at radius 3 is 1.72 bits per heavy atom. The van der Waals surface area contributed by atoms with Gasteiger partial charge >= 0.3 is 5.97 Å². The molecule has 0 unspecified atom stereocenters. The van der Waals surface area contributed by atoms with Crippen LogP contribution in [0.1, 0.15) is 53.2 Å². The number of aromatic nitrogens is 4. The average Bonchev–Trinajstić information content (AvgIpc) is 3.57. The van der Waals surface area contributed by atoms with E-state index in [9.17, 15) is 18.4 Å². The second kappa shape index (κ2) is 12.3. The number of aldehydes is 1. The lowest BCUT2D eigenvalue weighted by Gasteiger charge is -2.15. The number of benzene rings is 2. The maximum Gasteiger partial charge on any atom is 0.330 e. The number of imidazole rings is 2. The largest absolute Gasteiger partial charge is 0.466 e. The van der Waals surface area contributed by atoms with Crippen LogP contribution >= 0.6 is 0 Å². The topological polar surface area (TPSA) is 79.0 Å². The summed E-state index contributed by atoms with van der Waals surface area (Å²) in [6, 6.07) is 12.5. The van der Waals surface area contributed by atoms with Crippen LogP contribution in [0.2, 0.25) is 0 Å². The van der Waals surface area contributed by atoms with Crippen molar-refractivity contribution in [1.82, 2.24) is 19.1 Å². The molecule has 7 nitrogen and oxygen atoms in total. The highest BCUT2D eigenvalue weighted by atomic mass is 19.1. The number of nitrogens with zero attached hydrogens (tertiary/aromatic N) is 4. The quantitative estimate of drug-likeness (QED) is 0.200. The SMILES string of the molecule is COC(=O)/C=C/c1cncn1[C@H](C)c1ccc(F)cc1.C[C@H](c1ccc(F)cc1)n1cncc1C=O. The zero-order chi connectivity index (χ0) is 26.1. The van der Waals surface area contributed by atoms with Gasteiger partial charge in [0.1, 0.15) is 17.3 Å². The first-order valence-corrected chi connectivity index (χ1v) is 11.1. The molecule has 0 radical (unpaired) electrons. The Labute approximate surface area is 207 Å². The first kappa shape index (κ1) is 26.2. The molecule has 0 fully saturated rings. The third-order valence-electron chi connectivity index (χ3n) is 5.64. The van der Waals surface area contributed by atoms with Crippen molar-refractivity contribution in [2.24, 2.45) is 0 Å². The highest BCUT2D eigenvalue weighted by molar-refractivity contribution is 5.86. The standard InChI is InChI=1S/C15H15FN2O2.C12H11FN2O/c1-11(12-3-5-13(16)6-4-12)18-10-17-9-14(18)7-8-15(19)20-2;1-9(10-2-4-11(13)5-3-10)15-8-14-6-12(15)7-16/h3-11H,1-2H3;2-9H,1H3/b8-7+;/t11-;9-/m11/s1. The molecule has 0 spiro atoms. The molecule has 2 aromatic heterocycles. The third-order valence-corrected chi connectivity index (χ3v) is 5.64. The van der Waals surface area contributed by atoms with Crippen LogP contribution in [0.15, 0.2) is 79.7 Å². The Bertz CT molecular complexity index is 1310. The van der Waals surface area contributed by atoms with Crippen molar-refractivity contribution in [2.75, 3.05) is 7.11 Å². The Kier molecular flexibility index (Phi) is 8.99. The number of ether oxygens (including phenoxy) is 1. The molecule has 36 heavy (non-hydrogen) atoms. The summed E-state index contributed by atoms with van der Waals surface area (Å²) in [6.07, 6.45) is 10.2. The van der Waals surface area contributed by atoms with Gasteiger partial charge in [-0.15, -0.1) is 0 Å². The molecule has 2 aromatic carbocycles. The van der Waals surface area contributed by atoms with E-state index < -0.39 is 5.97 Å². The fourth-order valence-corrected chi connectivity index (χ4v) is 3.52. The van der Waals surface area contributed by atoms with Crippen molar-refractivity contribution in [3.8, 4) is 0 Å². The molecule has 9 heteroatoms. The van der Waals surface area contributed by atoms with E-state index in [1.54, 1.807) is 53.8 Å². The van der Waals surface area contributed by atoms with E-state index in [-0.39, 0.29) is 23.7 Å². The van der Waals surface area contributed by atoms with Gasteiger partial charge in [-0.25, -0.2) is 23.5 Å². The van der Waals surface area contributed by atoms with Gasteiger partial charge in [0.05, 0.1) is 49.9 Å². The van der Waals surface area contributed by atoms with Crippen molar-refractivity contribution >= 4 is 18.3 Å². The summed E-state index contributed by atoms with van der Waals surface area (Å²) in [6.45, 7) is 3.91. The molecular formula is C27H26F2N4O3. The smallest absolute Gasteiger partial charge is 0.330 e. The Hall–Kier alpha value is -4.40. The summed E-state index contributed by atoms with van der Waals surface area (Å²) in [5, 5.41) is 0. The fraction of sp³-hybridized carbons (Fsp3) is 0.185. The predicted molar refractivity (Wildman–Crippen MR) is 131 cm³/mol. The van der Waals surface area contributed by atoms with Gasteiger partial charge in [-0.05, 0) is 55.3 Å². The highest BCUT2D eigenvalue weighted by Crippen LogP contribution is 2.21. The maximum atomic E-state index is 12.9. The second-order valence-electron chi connectivity index (χ2n) is 7.88. The molecule has 0 aliphatic heterocycles. The number of rotatable bonds is 7. The fourth-order valence-electron chi connectivity index (χ4n) is 3.52. The molecule has 0 bridgehead atoms. The number of hydrogen-bond acceptors (Lipinski definition) is 5. The maximum absolute atomic E-state index is 12.9. The van der Waals surface area contributed by atoms with E-state index in [4.69, 9.17) is 0 Å². The van der Waals surface area contributed by atoms with Crippen LogP contribution in [0.3, 0.4) is 0 Å². The van der Waals surface area contributed by atoms with E-state index >= 15 is 0 Å². The number of carbonyl (C=O) groups is 2. The summed E-state index contributed by atoms with van der Waals surface area (Å²) in [5.74, 6) is -0.957. The highest BCUT2D eigenvalue weighted by Gasteiger charge is 2.12. The molecule has 2 atom stereocenters. The minimum Gasteiger partial charge on any atom is -0.466 e. The minimum absolute atomic E-state index is 0.0182. The Balaban J connectivity index is 0.000000205. The summed E-state index contributed by atoms with van der Waals surface area (Å²) in [4.78, 5) is 29.9. The monoisotopic (exact) mass is 492 g/mol. The summed E-state index contributed by atoms with van der Waals surface area (Å²) >= 11 is 0. The van der Waals surface area contributed by atoms with Crippen LogP contribution in [0.5, 0.6) is 0 Å². The first-order chi connectivity index (χ1) is 17.3. The third kappa shape index (κ3) is 6.59. The van der Waals surface area contributed by atoms with Crippen molar-refractivity contribution in [3.05, 3.63) is 114 Å². The second-order valence-corrected chi connectivity index (χ2v) is 7.88. The van der Waals surface area contributed by atoms with Gasteiger partial charge in [-0.2, -0.15) is 0 Å². The summed E-state index contributed by atoms with van der Waals surface area (Å²) < 4.78 is 33.9. The first-order valence-electron chi connectivity index (χ1n) is 11.1. The lowest BCUT2D eigenvalue weighted by molar-refractivity contribution is -0.134. The molecule has 0 aliphatic carbocycles. The molecule has 4 aromatic rings. The van der Waals surface area contributed by atoms with E-state index in [0.717, 1.165) is 23.1 Å². The van der Waals surface area contributed by atoms with Crippen molar-refractivity contribution in [2.45, 2.75) is 25.9 Å². The van der Waals surface area contributed by atoms with Gasteiger partial charge < -0.3 is 13.9 Å². The lowest BCUT2D eigenvalue weighted by atomic mass is 10.1. The van der Waals surface area contributed by atoms with Crippen LogP contribution in [0.25, 0.3) is 6.08 Å². The van der Waals surface area contributed by atoms with E-state index in [1.807, 2.05) is 18.4 Å². The average molecular weight is 493 g/mol. The van der Waals surface area contributed by atoms with Crippen molar-refractivity contribution < 1.29 is 23.1 Å².